The summed E-state index contributed by atoms with van der Waals surface area (Å²) in [6.07, 6.45) is 0. The van der Waals surface area contributed by atoms with Crippen LogP contribution in [-0.4, -0.2) is 51.1 Å². The minimum absolute atomic E-state index is 0.0382. The van der Waals surface area contributed by atoms with Crippen LogP contribution in [0.2, 0.25) is 5.02 Å². The summed E-state index contributed by atoms with van der Waals surface area (Å²) in [6.45, 7) is 7.26. The van der Waals surface area contributed by atoms with Gasteiger partial charge in [0, 0.05) is 16.3 Å². The number of hydrogen-bond acceptors (Lipinski definition) is 2. The Balaban J connectivity index is 1.36. The van der Waals surface area contributed by atoms with Crippen molar-refractivity contribution in [2.24, 2.45) is 0 Å². The van der Waals surface area contributed by atoms with E-state index < -0.39 is 0 Å². The van der Waals surface area contributed by atoms with Crippen molar-refractivity contribution in [3.8, 4) is 0 Å². The van der Waals surface area contributed by atoms with E-state index in [1.54, 1.807) is 23.1 Å². The lowest BCUT2D eigenvalue weighted by molar-refractivity contribution is -1.02. The van der Waals surface area contributed by atoms with E-state index in [-0.39, 0.29) is 18.4 Å². The van der Waals surface area contributed by atoms with Crippen LogP contribution >= 0.6 is 11.6 Å². The average molecular weight is 417 g/mol. The first-order chi connectivity index (χ1) is 14.0. The van der Waals surface area contributed by atoms with Gasteiger partial charge >= 0.3 is 0 Å². The Hall–Kier alpha value is -2.41. The molecule has 154 valence electrons. The van der Waals surface area contributed by atoms with Crippen LogP contribution in [0.25, 0.3) is 0 Å². The lowest BCUT2D eigenvalue weighted by Crippen LogP contribution is -3.28. The van der Waals surface area contributed by atoms with Crippen LogP contribution in [0.4, 0.5) is 5.69 Å². The molecule has 6 nitrogen and oxygen atoms in total. The number of nitrogens with one attached hydrogen (secondary N) is 4. The highest BCUT2D eigenvalue weighted by Gasteiger charge is 2.24. The molecule has 1 aliphatic heterocycles. The van der Waals surface area contributed by atoms with Crippen molar-refractivity contribution in [2.75, 3.05) is 44.6 Å². The van der Waals surface area contributed by atoms with Crippen molar-refractivity contribution in [3.05, 3.63) is 64.7 Å². The molecule has 1 heterocycles. The van der Waals surface area contributed by atoms with Crippen LogP contribution in [0.1, 0.15) is 11.1 Å². The first-order valence-electron chi connectivity index (χ1n) is 10.0. The summed E-state index contributed by atoms with van der Waals surface area (Å²) in [6, 6.07) is 15.9. The van der Waals surface area contributed by atoms with Crippen molar-refractivity contribution in [2.45, 2.75) is 13.5 Å². The van der Waals surface area contributed by atoms with Gasteiger partial charge in [0.25, 0.3) is 5.91 Å². The number of rotatable bonds is 7. The quantitative estimate of drug-likeness (QED) is 0.500. The van der Waals surface area contributed by atoms with Gasteiger partial charge in [-0.3, -0.25) is 9.59 Å². The van der Waals surface area contributed by atoms with Gasteiger partial charge in [-0.2, -0.15) is 0 Å². The molecule has 1 aliphatic rings. The smallest absolute Gasteiger partial charge is 0.275 e. The molecule has 2 amide bonds. The lowest BCUT2D eigenvalue weighted by Gasteiger charge is -2.29. The maximum atomic E-state index is 12.2. The highest BCUT2D eigenvalue weighted by molar-refractivity contribution is 6.31. The average Bonchev–Trinajstić information content (AvgIpc) is 2.72. The number of hydrogen-bond donors (Lipinski definition) is 4. The molecule has 2 aromatic carbocycles. The standard InChI is InChI=1S/C22H27ClN4O2/c1-17-19(23)8-5-9-20(17)25-21(28)14-24-22(29)16-27-12-10-26(11-13-27)15-18-6-3-2-4-7-18/h2-9H,10-16H2,1H3,(H,24,29)(H,25,28)/p+2. The molecular weight excluding hydrogens is 388 g/mol. The largest absolute Gasteiger partial charge is 0.342 e. The van der Waals surface area contributed by atoms with E-state index in [1.165, 1.54) is 10.5 Å². The number of carbonyl (C=O) groups is 2. The number of amides is 2. The molecule has 3 rings (SSSR count). The fourth-order valence-corrected chi connectivity index (χ4v) is 3.78. The van der Waals surface area contributed by atoms with Crippen LogP contribution in [-0.2, 0) is 16.1 Å². The summed E-state index contributed by atoms with van der Waals surface area (Å²) >= 11 is 6.06. The Kier molecular flexibility index (Phi) is 7.63. The maximum absolute atomic E-state index is 12.2. The van der Waals surface area contributed by atoms with Crippen LogP contribution < -0.4 is 20.4 Å². The predicted molar refractivity (Wildman–Crippen MR) is 114 cm³/mol. The van der Waals surface area contributed by atoms with Crippen LogP contribution in [0.5, 0.6) is 0 Å². The minimum Gasteiger partial charge on any atom is -0.342 e. The normalized spacial score (nSPS) is 18.8. The summed E-state index contributed by atoms with van der Waals surface area (Å²) in [7, 11) is 0. The van der Waals surface area contributed by atoms with E-state index >= 15 is 0 Å². The maximum Gasteiger partial charge on any atom is 0.275 e. The molecule has 0 aliphatic carbocycles. The van der Waals surface area contributed by atoms with Crippen LogP contribution in [0.3, 0.4) is 0 Å². The monoisotopic (exact) mass is 416 g/mol. The highest BCUT2D eigenvalue weighted by atomic mass is 35.5. The lowest BCUT2D eigenvalue weighted by atomic mass is 10.2. The van der Waals surface area contributed by atoms with Crippen molar-refractivity contribution in [1.29, 1.82) is 0 Å². The predicted octanol–water partition coefficient (Wildman–Crippen LogP) is -0.313. The molecule has 0 radical (unpaired) electrons. The number of piperazine rings is 1. The SMILES string of the molecule is Cc1c(Cl)cccc1NC(=O)CNC(=O)C[NH+]1CC[NH+](Cc2ccccc2)CC1. The number of benzene rings is 2. The topological polar surface area (TPSA) is 67.1 Å². The second-order valence-corrected chi connectivity index (χ2v) is 7.98. The zero-order valence-electron chi connectivity index (χ0n) is 16.8. The molecule has 2 aromatic rings. The molecule has 7 heteroatoms. The van der Waals surface area contributed by atoms with E-state index in [4.69, 9.17) is 11.6 Å². The zero-order chi connectivity index (χ0) is 20.6. The summed E-state index contributed by atoms with van der Waals surface area (Å²) in [5.74, 6) is -0.347. The fourth-order valence-electron chi connectivity index (χ4n) is 3.60. The number of halogens is 1. The summed E-state index contributed by atoms with van der Waals surface area (Å²) in [5, 5.41) is 6.12. The molecule has 1 fully saturated rings. The molecule has 0 saturated carbocycles. The van der Waals surface area contributed by atoms with Gasteiger partial charge in [-0.1, -0.05) is 48.0 Å². The zero-order valence-corrected chi connectivity index (χ0v) is 17.5. The Morgan fingerprint density at radius 2 is 1.62 bits per heavy atom. The van der Waals surface area contributed by atoms with Gasteiger partial charge in [0.1, 0.15) is 32.7 Å². The summed E-state index contributed by atoms with van der Waals surface area (Å²) in [4.78, 5) is 27.2. The van der Waals surface area contributed by atoms with E-state index in [0.29, 0.717) is 17.3 Å². The number of anilines is 1. The number of carbonyl (C=O) groups excluding carboxylic acids is 2. The van der Waals surface area contributed by atoms with Gasteiger partial charge in [-0.15, -0.1) is 0 Å². The van der Waals surface area contributed by atoms with E-state index in [9.17, 15) is 9.59 Å². The van der Waals surface area contributed by atoms with Gasteiger partial charge in [-0.25, -0.2) is 0 Å². The van der Waals surface area contributed by atoms with E-state index in [2.05, 4.69) is 34.9 Å². The molecular formula is C22H29ClN4O2+2. The Labute approximate surface area is 176 Å². The third-order valence-electron chi connectivity index (χ3n) is 5.36. The van der Waals surface area contributed by atoms with Crippen molar-refractivity contribution >= 4 is 29.1 Å². The van der Waals surface area contributed by atoms with Crippen molar-refractivity contribution in [3.63, 3.8) is 0 Å². The minimum atomic E-state index is -0.254. The Bertz CT molecular complexity index is 836. The molecule has 0 aromatic heterocycles. The summed E-state index contributed by atoms with van der Waals surface area (Å²) in [5.41, 5.74) is 2.83. The molecule has 0 atom stereocenters. The first kappa shape index (κ1) is 21.3. The highest BCUT2D eigenvalue weighted by Crippen LogP contribution is 2.22. The van der Waals surface area contributed by atoms with Gasteiger partial charge in [0.2, 0.25) is 5.91 Å². The van der Waals surface area contributed by atoms with Gasteiger partial charge in [0.05, 0.1) is 6.54 Å². The third kappa shape index (κ3) is 6.56. The Morgan fingerprint density at radius 1 is 0.931 bits per heavy atom. The number of quaternary nitrogens is 2. The second-order valence-electron chi connectivity index (χ2n) is 7.58. The second kappa shape index (κ2) is 10.4. The van der Waals surface area contributed by atoms with E-state index in [0.717, 1.165) is 38.3 Å². The van der Waals surface area contributed by atoms with Gasteiger partial charge in [-0.05, 0) is 24.6 Å². The Morgan fingerprint density at radius 3 is 2.34 bits per heavy atom. The molecule has 29 heavy (non-hydrogen) atoms. The molecule has 1 saturated heterocycles. The fraction of sp³-hybridized carbons (Fsp3) is 0.364. The first-order valence-corrected chi connectivity index (χ1v) is 10.4. The van der Waals surface area contributed by atoms with Gasteiger partial charge in [0.15, 0.2) is 6.54 Å². The molecule has 0 bridgehead atoms. The molecule has 4 N–H and O–H groups in total. The van der Waals surface area contributed by atoms with Crippen LogP contribution in [0, 0.1) is 6.92 Å². The molecule has 0 unspecified atom stereocenters. The summed E-state index contributed by atoms with van der Waals surface area (Å²) < 4.78 is 0. The third-order valence-corrected chi connectivity index (χ3v) is 5.77. The van der Waals surface area contributed by atoms with Gasteiger partial charge < -0.3 is 20.4 Å². The molecule has 0 spiro atoms. The van der Waals surface area contributed by atoms with Crippen molar-refractivity contribution in [1.82, 2.24) is 5.32 Å². The van der Waals surface area contributed by atoms with Crippen molar-refractivity contribution < 1.29 is 19.4 Å². The van der Waals surface area contributed by atoms with E-state index in [1.807, 2.05) is 13.0 Å². The van der Waals surface area contributed by atoms with Crippen LogP contribution in [0.15, 0.2) is 48.5 Å².